The van der Waals surface area contributed by atoms with E-state index < -0.39 is 5.97 Å². The van der Waals surface area contributed by atoms with Gasteiger partial charge >= 0.3 is 5.97 Å². The summed E-state index contributed by atoms with van der Waals surface area (Å²) in [6.07, 6.45) is 6.04. The summed E-state index contributed by atoms with van der Waals surface area (Å²) in [5.41, 5.74) is 0.690. The van der Waals surface area contributed by atoms with Gasteiger partial charge in [-0.15, -0.1) is 0 Å². The quantitative estimate of drug-likeness (QED) is 0.301. The zero-order chi connectivity index (χ0) is 21.1. The second-order valence-electron chi connectivity index (χ2n) is 6.44. The molecule has 2 rings (SSSR count). The largest absolute Gasteiger partial charge is 0.496 e. The molecule has 0 amide bonds. The normalized spacial score (nSPS) is 11.1. The SMILES string of the molecule is CCCCCCOc1ccc(C=C(Oc2cc(OC)cc(OC)c2)C(=O)O)cc1. The van der Waals surface area contributed by atoms with Gasteiger partial charge in [0, 0.05) is 18.2 Å². The summed E-state index contributed by atoms with van der Waals surface area (Å²) in [4.78, 5) is 11.6. The van der Waals surface area contributed by atoms with Gasteiger partial charge in [0.2, 0.25) is 5.76 Å². The summed E-state index contributed by atoms with van der Waals surface area (Å²) >= 11 is 0. The van der Waals surface area contributed by atoms with Gasteiger partial charge in [0.1, 0.15) is 23.0 Å². The summed E-state index contributed by atoms with van der Waals surface area (Å²) in [5, 5.41) is 9.51. The fraction of sp³-hybridized carbons (Fsp3) is 0.348. The zero-order valence-corrected chi connectivity index (χ0v) is 17.1. The van der Waals surface area contributed by atoms with E-state index >= 15 is 0 Å². The van der Waals surface area contributed by atoms with Crippen LogP contribution in [0.25, 0.3) is 6.08 Å². The summed E-state index contributed by atoms with van der Waals surface area (Å²) < 4.78 is 21.6. The molecule has 156 valence electrons. The average molecular weight is 400 g/mol. The van der Waals surface area contributed by atoms with Crippen LogP contribution in [0.4, 0.5) is 0 Å². The Morgan fingerprint density at radius 3 is 2.07 bits per heavy atom. The number of hydrogen-bond donors (Lipinski definition) is 1. The molecule has 0 atom stereocenters. The fourth-order valence-electron chi connectivity index (χ4n) is 2.63. The highest BCUT2D eigenvalue weighted by Gasteiger charge is 2.12. The van der Waals surface area contributed by atoms with E-state index in [-0.39, 0.29) is 5.76 Å². The topological polar surface area (TPSA) is 74.2 Å². The molecule has 6 heteroatoms. The average Bonchev–Trinajstić information content (AvgIpc) is 2.73. The maximum atomic E-state index is 11.6. The second-order valence-corrected chi connectivity index (χ2v) is 6.44. The minimum Gasteiger partial charge on any atom is -0.496 e. The molecule has 0 radical (unpaired) electrons. The molecule has 1 N–H and O–H groups in total. The van der Waals surface area contributed by atoms with Gasteiger partial charge in [-0.2, -0.15) is 0 Å². The van der Waals surface area contributed by atoms with Crippen molar-refractivity contribution in [3.05, 3.63) is 53.8 Å². The van der Waals surface area contributed by atoms with Crippen molar-refractivity contribution in [2.24, 2.45) is 0 Å². The molecule has 0 unspecified atom stereocenters. The molecule has 0 spiro atoms. The van der Waals surface area contributed by atoms with Crippen molar-refractivity contribution in [1.29, 1.82) is 0 Å². The third-order valence-corrected chi connectivity index (χ3v) is 4.21. The van der Waals surface area contributed by atoms with Crippen LogP contribution >= 0.6 is 0 Å². The first-order valence-electron chi connectivity index (χ1n) is 9.64. The van der Waals surface area contributed by atoms with Crippen molar-refractivity contribution in [2.75, 3.05) is 20.8 Å². The van der Waals surface area contributed by atoms with Crippen molar-refractivity contribution in [3.63, 3.8) is 0 Å². The molecule has 0 saturated heterocycles. The van der Waals surface area contributed by atoms with E-state index in [1.54, 1.807) is 30.3 Å². The van der Waals surface area contributed by atoms with Crippen molar-refractivity contribution in [1.82, 2.24) is 0 Å². The van der Waals surface area contributed by atoms with Crippen molar-refractivity contribution < 1.29 is 28.8 Å². The standard InChI is InChI=1S/C23H28O6/c1-4-5-6-7-12-28-18-10-8-17(9-11-18)13-22(23(24)25)29-21-15-19(26-2)14-20(16-21)27-3/h8-11,13-16H,4-7,12H2,1-3H3,(H,24,25). The molecular weight excluding hydrogens is 372 g/mol. The van der Waals surface area contributed by atoms with Crippen LogP contribution in [-0.2, 0) is 4.79 Å². The lowest BCUT2D eigenvalue weighted by molar-refractivity contribution is -0.134. The number of carbonyl (C=O) groups is 1. The number of methoxy groups -OCH3 is 2. The van der Waals surface area contributed by atoms with E-state index in [0.717, 1.165) is 18.6 Å². The van der Waals surface area contributed by atoms with E-state index in [2.05, 4.69) is 6.92 Å². The number of aliphatic carboxylic acids is 1. The van der Waals surface area contributed by atoms with E-state index in [0.29, 0.717) is 29.4 Å². The van der Waals surface area contributed by atoms with Crippen LogP contribution < -0.4 is 18.9 Å². The first-order chi connectivity index (χ1) is 14.0. The number of unbranched alkanes of at least 4 members (excludes halogenated alkanes) is 3. The van der Waals surface area contributed by atoms with Crippen LogP contribution in [-0.4, -0.2) is 31.9 Å². The Hall–Kier alpha value is -3.15. The molecule has 6 nitrogen and oxygen atoms in total. The molecule has 0 heterocycles. The number of carboxylic acids is 1. The number of carboxylic acid groups (broad SMARTS) is 1. The molecule has 2 aromatic carbocycles. The third kappa shape index (κ3) is 7.41. The van der Waals surface area contributed by atoms with Gasteiger partial charge < -0.3 is 24.1 Å². The van der Waals surface area contributed by atoms with Gasteiger partial charge in [-0.05, 0) is 30.2 Å². The molecular formula is C23H28O6. The Labute approximate surface area is 171 Å². The number of rotatable bonds is 12. The Morgan fingerprint density at radius 2 is 1.52 bits per heavy atom. The lowest BCUT2D eigenvalue weighted by Gasteiger charge is -2.10. The summed E-state index contributed by atoms with van der Waals surface area (Å²) in [7, 11) is 3.03. The maximum Gasteiger partial charge on any atom is 0.371 e. The van der Waals surface area contributed by atoms with Crippen molar-refractivity contribution in [2.45, 2.75) is 32.6 Å². The molecule has 0 aliphatic rings. The smallest absolute Gasteiger partial charge is 0.371 e. The fourth-order valence-corrected chi connectivity index (χ4v) is 2.63. The van der Waals surface area contributed by atoms with Crippen molar-refractivity contribution >= 4 is 12.0 Å². The summed E-state index contributed by atoms with van der Waals surface area (Å²) in [5.74, 6) is 0.682. The molecule has 0 aliphatic heterocycles. The molecule has 0 fully saturated rings. The van der Waals surface area contributed by atoms with Crippen LogP contribution in [0.15, 0.2) is 48.2 Å². The van der Waals surface area contributed by atoms with E-state index in [4.69, 9.17) is 18.9 Å². The van der Waals surface area contributed by atoms with E-state index in [1.807, 2.05) is 12.1 Å². The van der Waals surface area contributed by atoms with Gasteiger partial charge in [-0.1, -0.05) is 38.3 Å². The molecule has 0 aromatic heterocycles. The first kappa shape index (κ1) is 22.1. The first-order valence-corrected chi connectivity index (χ1v) is 9.64. The van der Waals surface area contributed by atoms with Gasteiger partial charge in [0.05, 0.1) is 20.8 Å². The van der Waals surface area contributed by atoms with Crippen LogP contribution in [0.1, 0.15) is 38.2 Å². The Balaban J connectivity index is 2.08. The van der Waals surface area contributed by atoms with E-state index in [9.17, 15) is 9.90 Å². The highest BCUT2D eigenvalue weighted by Crippen LogP contribution is 2.29. The maximum absolute atomic E-state index is 11.6. The monoisotopic (exact) mass is 400 g/mol. The highest BCUT2D eigenvalue weighted by molar-refractivity contribution is 5.90. The van der Waals surface area contributed by atoms with Gasteiger partial charge in [0.25, 0.3) is 0 Å². The third-order valence-electron chi connectivity index (χ3n) is 4.21. The molecule has 2 aromatic rings. The summed E-state index contributed by atoms with van der Waals surface area (Å²) in [6, 6.07) is 12.1. The van der Waals surface area contributed by atoms with Crippen molar-refractivity contribution in [3.8, 4) is 23.0 Å². The van der Waals surface area contributed by atoms with Crippen LogP contribution in [0.2, 0.25) is 0 Å². The number of ether oxygens (including phenoxy) is 4. The molecule has 0 aliphatic carbocycles. The van der Waals surface area contributed by atoms with Gasteiger partial charge in [0.15, 0.2) is 0 Å². The predicted octanol–water partition coefficient (Wildman–Crippen LogP) is 5.17. The minimum atomic E-state index is -1.18. The molecule has 0 saturated carbocycles. The predicted molar refractivity (Wildman–Crippen MR) is 112 cm³/mol. The lowest BCUT2D eigenvalue weighted by atomic mass is 10.2. The van der Waals surface area contributed by atoms with Crippen LogP contribution in [0.5, 0.6) is 23.0 Å². The number of hydrogen-bond acceptors (Lipinski definition) is 5. The second kappa shape index (κ2) is 11.6. The number of benzene rings is 2. The van der Waals surface area contributed by atoms with Crippen LogP contribution in [0, 0.1) is 0 Å². The molecule has 0 bridgehead atoms. The Morgan fingerprint density at radius 1 is 0.897 bits per heavy atom. The zero-order valence-electron chi connectivity index (χ0n) is 17.1. The highest BCUT2D eigenvalue weighted by atomic mass is 16.5. The van der Waals surface area contributed by atoms with Gasteiger partial charge in [-0.25, -0.2) is 4.79 Å². The van der Waals surface area contributed by atoms with Crippen LogP contribution in [0.3, 0.4) is 0 Å². The Bertz CT molecular complexity index is 788. The molecule has 29 heavy (non-hydrogen) atoms. The minimum absolute atomic E-state index is 0.214. The van der Waals surface area contributed by atoms with Gasteiger partial charge in [-0.3, -0.25) is 0 Å². The lowest BCUT2D eigenvalue weighted by Crippen LogP contribution is -2.08. The Kier molecular flexibility index (Phi) is 8.89. The van der Waals surface area contributed by atoms with E-state index in [1.165, 1.54) is 33.1 Å². The summed E-state index contributed by atoms with van der Waals surface area (Å²) in [6.45, 7) is 2.85.